The van der Waals surface area contributed by atoms with Crippen LogP contribution in [0.5, 0.6) is 0 Å². The van der Waals surface area contributed by atoms with Crippen LogP contribution in [0.15, 0.2) is 24.5 Å². The van der Waals surface area contributed by atoms with Crippen LogP contribution in [0.25, 0.3) is 5.52 Å². The van der Waals surface area contributed by atoms with E-state index < -0.39 is 18.1 Å². The number of amides is 1. The Hall–Kier alpha value is -2.78. The third-order valence-corrected chi connectivity index (χ3v) is 2.05. The first-order valence-corrected chi connectivity index (χ1v) is 4.95. The van der Waals surface area contributed by atoms with Gasteiger partial charge in [-0.1, -0.05) is 0 Å². The van der Waals surface area contributed by atoms with Crippen molar-refractivity contribution in [3.05, 3.63) is 30.1 Å². The monoisotopic (exact) mass is 290 g/mol. The molecule has 5 N–H and O–H groups in total. The van der Waals surface area contributed by atoms with Gasteiger partial charge in [-0.25, -0.2) is 9.31 Å². The van der Waals surface area contributed by atoms with Crippen molar-refractivity contribution in [1.82, 2.24) is 9.61 Å². The van der Waals surface area contributed by atoms with Gasteiger partial charge in [-0.2, -0.15) is 18.3 Å². The Morgan fingerprint density at radius 1 is 1.35 bits per heavy atom. The summed E-state index contributed by atoms with van der Waals surface area (Å²) in [4.78, 5) is 19.8. The zero-order valence-corrected chi connectivity index (χ0v) is 9.76. The molecule has 10 heteroatoms. The minimum Gasteiger partial charge on any atom is -0.475 e. The number of primary amides is 1. The van der Waals surface area contributed by atoms with Gasteiger partial charge in [-0.3, -0.25) is 4.79 Å². The summed E-state index contributed by atoms with van der Waals surface area (Å²) in [6, 6.07) is 3.36. The van der Waals surface area contributed by atoms with Gasteiger partial charge in [-0.15, -0.1) is 0 Å². The molecule has 0 atom stereocenters. The highest BCUT2D eigenvalue weighted by Crippen LogP contribution is 2.13. The predicted octanol–water partition coefficient (Wildman–Crippen LogP) is 0.649. The van der Waals surface area contributed by atoms with Crippen LogP contribution in [0.1, 0.15) is 10.4 Å². The van der Waals surface area contributed by atoms with E-state index in [1.165, 1.54) is 6.20 Å². The SMILES string of the molecule is NC(=O)c1cnn2ccc(N)cc12.O=C(O)C(F)(F)F. The van der Waals surface area contributed by atoms with Crippen molar-refractivity contribution < 1.29 is 27.9 Å². The highest BCUT2D eigenvalue weighted by Gasteiger charge is 2.38. The molecule has 108 valence electrons. The molecule has 7 nitrogen and oxygen atoms in total. The Morgan fingerprint density at radius 2 is 1.90 bits per heavy atom. The number of rotatable bonds is 1. The molecular formula is C10H9F3N4O3. The fourth-order valence-corrected chi connectivity index (χ4v) is 1.19. The number of fused-ring (bicyclic) bond motifs is 1. The number of hydrogen-bond donors (Lipinski definition) is 3. The molecule has 0 saturated heterocycles. The van der Waals surface area contributed by atoms with Gasteiger partial charge in [-0.05, 0) is 12.1 Å². The molecule has 0 fully saturated rings. The fourth-order valence-electron chi connectivity index (χ4n) is 1.19. The molecule has 0 saturated carbocycles. The van der Waals surface area contributed by atoms with Crippen molar-refractivity contribution in [3.63, 3.8) is 0 Å². The molecule has 0 aliphatic rings. The van der Waals surface area contributed by atoms with Gasteiger partial charge in [0.15, 0.2) is 0 Å². The zero-order valence-electron chi connectivity index (χ0n) is 9.76. The van der Waals surface area contributed by atoms with Crippen molar-refractivity contribution >= 4 is 23.1 Å². The highest BCUT2D eigenvalue weighted by atomic mass is 19.4. The summed E-state index contributed by atoms with van der Waals surface area (Å²) in [5.41, 5.74) is 12.3. The largest absolute Gasteiger partial charge is 0.490 e. The van der Waals surface area contributed by atoms with E-state index >= 15 is 0 Å². The minimum absolute atomic E-state index is 0.382. The van der Waals surface area contributed by atoms with E-state index in [1.807, 2.05) is 0 Å². The summed E-state index contributed by atoms with van der Waals surface area (Å²) >= 11 is 0. The number of nitrogens with zero attached hydrogens (tertiary/aromatic N) is 2. The van der Waals surface area contributed by atoms with Crippen molar-refractivity contribution in [2.24, 2.45) is 5.73 Å². The molecule has 1 amide bonds. The molecule has 2 aromatic heterocycles. The third kappa shape index (κ3) is 3.60. The number of pyridine rings is 1. The van der Waals surface area contributed by atoms with Gasteiger partial charge in [0.25, 0.3) is 5.91 Å². The lowest BCUT2D eigenvalue weighted by Gasteiger charge is -1.96. The average Bonchev–Trinajstić information content (AvgIpc) is 2.71. The molecule has 0 aliphatic heterocycles. The Balaban J connectivity index is 0.000000246. The smallest absolute Gasteiger partial charge is 0.475 e. The molecular weight excluding hydrogens is 281 g/mol. The number of halogens is 3. The molecule has 0 radical (unpaired) electrons. The van der Waals surface area contributed by atoms with Gasteiger partial charge < -0.3 is 16.6 Å². The van der Waals surface area contributed by atoms with Crippen molar-refractivity contribution in [2.45, 2.75) is 6.18 Å². The summed E-state index contributed by atoms with van der Waals surface area (Å²) in [7, 11) is 0. The number of nitrogens with two attached hydrogens (primary N) is 2. The second kappa shape index (κ2) is 5.47. The number of aromatic nitrogens is 2. The maximum absolute atomic E-state index is 10.9. The summed E-state index contributed by atoms with van der Waals surface area (Å²) in [5.74, 6) is -3.26. The van der Waals surface area contributed by atoms with E-state index in [9.17, 15) is 18.0 Å². The first kappa shape index (κ1) is 15.3. The first-order valence-electron chi connectivity index (χ1n) is 4.95. The maximum atomic E-state index is 10.9. The number of aliphatic carboxylic acids is 1. The fraction of sp³-hybridized carbons (Fsp3) is 0.100. The molecule has 0 aliphatic carbocycles. The van der Waals surface area contributed by atoms with Crippen molar-refractivity contribution in [1.29, 1.82) is 0 Å². The van der Waals surface area contributed by atoms with Crippen LogP contribution in [-0.4, -0.2) is 32.8 Å². The lowest BCUT2D eigenvalue weighted by atomic mass is 10.2. The second-order valence-electron chi connectivity index (χ2n) is 3.52. The van der Waals surface area contributed by atoms with Crippen LogP contribution in [0.2, 0.25) is 0 Å². The van der Waals surface area contributed by atoms with E-state index in [0.717, 1.165) is 0 Å². The topological polar surface area (TPSA) is 124 Å². The Labute approximate surface area is 109 Å². The molecule has 2 aromatic rings. The number of nitrogen functional groups attached to an aromatic ring is 1. The predicted molar refractivity (Wildman–Crippen MR) is 61.8 cm³/mol. The number of carboxylic acids is 1. The van der Waals surface area contributed by atoms with Gasteiger partial charge in [0.2, 0.25) is 0 Å². The average molecular weight is 290 g/mol. The standard InChI is InChI=1S/C8H8N4O.C2HF3O2/c9-5-1-2-12-7(3-5)6(4-11-12)8(10)13;3-2(4,5)1(6)7/h1-4H,9H2,(H2,10,13);(H,6,7). The normalized spacial score (nSPS) is 10.8. The first-order chi connectivity index (χ1) is 9.12. The molecule has 0 bridgehead atoms. The highest BCUT2D eigenvalue weighted by molar-refractivity contribution is 5.99. The molecule has 0 unspecified atom stereocenters. The summed E-state index contributed by atoms with van der Waals surface area (Å²) in [6.07, 6.45) is -1.98. The zero-order chi connectivity index (χ0) is 15.5. The van der Waals surface area contributed by atoms with Gasteiger partial charge in [0.1, 0.15) is 0 Å². The van der Waals surface area contributed by atoms with Crippen molar-refractivity contribution in [3.8, 4) is 0 Å². The number of carbonyl (C=O) groups is 2. The van der Waals surface area contributed by atoms with Crippen LogP contribution < -0.4 is 11.5 Å². The van der Waals surface area contributed by atoms with Crippen molar-refractivity contribution in [2.75, 3.05) is 5.73 Å². The number of alkyl halides is 3. The molecule has 20 heavy (non-hydrogen) atoms. The Kier molecular flexibility index (Phi) is 4.17. The second-order valence-corrected chi connectivity index (χ2v) is 3.52. The maximum Gasteiger partial charge on any atom is 0.490 e. The number of anilines is 1. The van der Waals surface area contributed by atoms with Crippen LogP contribution in [0.4, 0.5) is 18.9 Å². The van der Waals surface area contributed by atoms with Gasteiger partial charge >= 0.3 is 12.1 Å². The summed E-state index contributed by atoms with van der Waals surface area (Å²) < 4.78 is 33.3. The van der Waals surface area contributed by atoms with Crippen LogP contribution >= 0.6 is 0 Å². The minimum atomic E-state index is -5.08. The number of hydrogen-bond acceptors (Lipinski definition) is 4. The summed E-state index contributed by atoms with van der Waals surface area (Å²) in [5, 5.41) is 11.1. The van der Waals surface area contributed by atoms with E-state index in [2.05, 4.69) is 5.10 Å². The lowest BCUT2D eigenvalue weighted by molar-refractivity contribution is -0.192. The number of carboxylic acid groups (broad SMARTS) is 1. The Morgan fingerprint density at radius 3 is 2.35 bits per heavy atom. The summed E-state index contributed by atoms with van der Waals surface area (Å²) in [6.45, 7) is 0. The van der Waals surface area contributed by atoms with E-state index in [-0.39, 0.29) is 0 Å². The molecule has 0 aromatic carbocycles. The molecule has 2 heterocycles. The Bertz CT molecular complexity index is 651. The molecule has 0 spiro atoms. The van der Waals surface area contributed by atoms with E-state index in [0.29, 0.717) is 16.8 Å². The van der Waals surface area contributed by atoms with Gasteiger partial charge in [0, 0.05) is 11.9 Å². The van der Waals surface area contributed by atoms with Crippen LogP contribution in [0.3, 0.4) is 0 Å². The van der Waals surface area contributed by atoms with Gasteiger partial charge in [0.05, 0.1) is 17.3 Å². The number of carbonyl (C=O) groups excluding carboxylic acids is 1. The van der Waals surface area contributed by atoms with E-state index in [4.69, 9.17) is 21.4 Å². The molecule has 2 rings (SSSR count). The lowest BCUT2D eigenvalue weighted by Crippen LogP contribution is -2.21. The van der Waals surface area contributed by atoms with Crippen LogP contribution in [0, 0.1) is 0 Å². The van der Waals surface area contributed by atoms with E-state index in [1.54, 1.807) is 22.8 Å². The quantitative estimate of drug-likeness (QED) is 0.711. The third-order valence-electron chi connectivity index (χ3n) is 2.05. The van der Waals surface area contributed by atoms with Crippen LogP contribution in [-0.2, 0) is 4.79 Å².